The van der Waals surface area contributed by atoms with Crippen LogP contribution in [-0.2, 0) is 6.54 Å². The Labute approximate surface area is 117 Å². The quantitative estimate of drug-likeness (QED) is 0.904. The SMILES string of the molecule is Cc1nc(C(=O)NCc2ccccc2OC(F)(F)F)n[nH]1. The van der Waals surface area contributed by atoms with Crippen molar-refractivity contribution < 1.29 is 22.7 Å². The number of hydrogen-bond acceptors (Lipinski definition) is 4. The minimum Gasteiger partial charge on any atom is -0.405 e. The van der Waals surface area contributed by atoms with Crippen molar-refractivity contribution in [1.82, 2.24) is 20.5 Å². The van der Waals surface area contributed by atoms with E-state index in [0.29, 0.717) is 5.82 Å². The van der Waals surface area contributed by atoms with Gasteiger partial charge in [-0.2, -0.15) is 0 Å². The second-order valence-electron chi connectivity index (χ2n) is 4.08. The predicted octanol–water partition coefficient (Wildman–Crippen LogP) is 1.94. The van der Waals surface area contributed by atoms with Gasteiger partial charge in [0.1, 0.15) is 11.6 Å². The average molecular weight is 300 g/mol. The fourth-order valence-electron chi connectivity index (χ4n) is 1.57. The first kappa shape index (κ1) is 14.8. The molecule has 1 heterocycles. The third-order valence-corrected chi connectivity index (χ3v) is 2.44. The molecule has 2 aromatic rings. The summed E-state index contributed by atoms with van der Waals surface area (Å²) in [5, 5.41) is 8.57. The zero-order chi connectivity index (χ0) is 15.5. The first-order valence-corrected chi connectivity index (χ1v) is 5.86. The summed E-state index contributed by atoms with van der Waals surface area (Å²) in [6.45, 7) is 1.48. The molecular formula is C12H11F3N4O2. The molecule has 112 valence electrons. The molecule has 0 radical (unpaired) electrons. The van der Waals surface area contributed by atoms with Gasteiger partial charge >= 0.3 is 6.36 Å². The Morgan fingerprint density at radius 1 is 1.38 bits per heavy atom. The third kappa shape index (κ3) is 4.20. The summed E-state index contributed by atoms with van der Waals surface area (Å²) in [5.41, 5.74) is 0.190. The number of aromatic nitrogens is 3. The van der Waals surface area contributed by atoms with Crippen molar-refractivity contribution in [3.05, 3.63) is 41.5 Å². The molecule has 0 aliphatic rings. The maximum atomic E-state index is 12.3. The zero-order valence-corrected chi connectivity index (χ0v) is 10.9. The van der Waals surface area contributed by atoms with Crippen LogP contribution >= 0.6 is 0 Å². The van der Waals surface area contributed by atoms with E-state index in [4.69, 9.17) is 0 Å². The number of H-pyrrole nitrogens is 1. The maximum absolute atomic E-state index is 12.3. The summed E-state index contributed by atoms with van der Waals surface area (Å²) in [6.07, 6.45) is -4.79. The molecule has 2 N–H and O–H groups in total. The van der Waals surface area contributed by atoms with Crippen molar-refractivity contribution >= 4 is 5.91 Å². The number of nitrogens with zero attached hydrogens (tertiary/aromatic N) is 2. The number of hydrogen-bond donors (Lipinski definition) is 2. The lowest BCUT2D eigenvalue weighted by molar-refractivity contribution is -0.274. The first-order valence-electron chi connectivity index (χ1n) is 5.86. The molecule has 0 spiro atoms. The van der Waals surface area contributed by atoms with E-state index in [1.807, 2.05) is 0 Å². The van der Waals surface area contributed by atoms with Gasteiger partial charge in [-0.3, -0.25) is 9.89 Å². The standard InChI is InChI=1S/C12H11F3N4O2/c1-7-17-10(19-18-7)11(20)16-6-8-4-2-3-5-9(8)21-12(13,14)15/h2-5H,6H2,1H3,(H,16,20)(H,17,18,19). The molecular weight excluding hydrogens is 289 g/mol. The zero-order valence-electron chi connectivity index (χ0n) is 10.9. The molecule has 2 rings (SSSR count). The second kappa shape index (κ2) is 5.81. The number of aromatic amines is 1. The Morgan fingerprint density at radius 3 is 2.71 bits per heavy atom. The monoisotopic (exact) mass is 300 g/mol. The van der Waals surface area contributed by atoms with Crippen LogP contribution < -0.4 is 10.1 Å². The highest BCUT2D eigenvalue weighted by Crippen LogP contribution is 2.26. The van der Waals surface area contributed by atoms with Gasteiger partial charge in [-0.1, -0.05) is 18.2 Å². The summed E-state index contributed by atoms with van der Waals surface area (Å²) >= 11 is 0. The number of halogens is 3. The van der Waals surface area contributed by atoms with Gasteiger partial charge < -0.3 is 10.1 Å². The molecule has 0 unspecified atom stereocenters. The average Bonchev–Trinajstić information content (AvgIpc) is 2.82. The smallest absolute Gasteiger partial charge is 0.405 e. The fourth-order valence-corrected chi connectivity index (χ4v) is 1.57. The van der Waals surface area contributed by atoms with Crippen molar-refractivity contribution in [2.45, 2.75) is 19.8 Å². The summed E-state index contributed by atoms with van der Waals surface area (Å²) in [6, 6.07) is 5.54. The highest BCUT2D eigenvalue weighted by Gasteiger charge is 2.32. The number of alkyl halides is 3. The molecule has 0 atom stereocenters. The largest absolute Gasteiger partial charge is 0.573 e. The van der Waals surface area contributed by atoms with Gasteiger partial charge in [-0.25, -0.2) is 4.98 Å². The van der Waals surface area contributed by atoms with Gasteiger partial charge in [0.15, 0.2) is 0 Å². The number of benzene rings is 1. The molecule has 1 aromatic heterocycles. The van der Waals surface area contributed by atoms with Crippen LogP contribution in [0.3, 0.4) is 0 Å². The van der Waals surface area contributed by atoms with Gasteiger partial charge in [0.05, 0.1) is 0 Å². The number of para-hydroxylation sites is 1. The topological polar surface area (TPSA) is 79.9 Å². The van der Waals surface area contributed by atoms with Crippen molar-refractivity contribution in [2.24, 2.45) is 0 Å². The predicted molar refractivity (Wildman–Crippen MR) is 65.4 cm³/mol. The van der Waals surface area contributed by atoms with E-state index in [2.05, 4.69) is 25.2 Å². The Balaban J connectivity index is 2.05. The van der Waals surface area contributed by atoms with Gasteiger partial charge in [0.2, 0.25) is 5.82 Å². The Hall–Kier alpha value is -2.58. The molecule has 0 aliphatic carbocycles. The Bertz CT molecular complexity index is 639. The normalized spacial score (nSPS) is 11.2. The first-order chi connectivity index (χ1) is 9.85. The summed E-state index contributed by atoms with van der Waals surface area (Å²) in [4.78, 5) is 15.5. The van der Waals surface area contributed by atoms with E-state index in [0.717, 1.165) is 0 Å². The molecule has 1 aromatic carbocycles. The highest BCUT2D eigenvalue weighted by molar-refractivity contribution is 5.90. The number of ether oxygens (including phenoxy) is 1. The number of amides is 1. The van der Waals surface area contributed by atoms with Gasteiger partial charge in [0, 0.05) is 12.1 Å². The minimum absolute atomic E-state index is 0.0817. The molecule has 21 heavy (non-hydrogen) atoms. The van der Waals surface area contributed by atoms with E-state index in [1.54, 1.807) is 13.0 Å². The van der Waals surface area contributed by atoms with Crippen LogP contribution in [0.1, 0.15) is 22.0 Å². The molecule has 0 saturated heterocycles. The maximum Gasteiger partial charge on any atom is 0.573 e. The lowest BCUT2D eigenvalue weighted by Gasteiger charge is -2.13. The lowest BCUT2D eigenvalue weighted by Crippen LogP contribution is -2.25. The molecule has 0 fully saturated rings. The number of nitrogens with one attached hydrogen (secondary N) is 2. The Kier molecular flexibility index (Phi) is 4.10. The van der Waals surface area contributed by atoms with Crippen LogP contribution in [0, 0.1) is 6.92 Å². The van der Waals surface area contributed by atoms with E-state index < -0.39 is 12.3 Å². The lowest BCUT2D eigenvalue weighted by atomic mass is 10.2. The fraction of sp³-hybridized carbons (Fsp3) is 0.250. The number of carbonyl (C=O) groups excluding carboxylic acids is 1. The molecule has 6 nitrogen and oxygen atoms in total. The summed E-state index contributed by atoms with van der Waals surface area (Å²) < 4.78 is 40.6. The van der Waals surface area contributed by atoms with Crippen molar-refractivity contribution in [3.8, 4) is 5.75 Å². The van der Waals surface area contributed by atoms with E-state index in [1.165, 1.54) is 18.2 Å². The van der Waals surface area contributed by atoms with Crippen molar-refractivity contribution in [1.29, 1.82) is 0 Å². The number of carbonyl (C=O) groups is 1. The molecule has 9 heteroatoms. The Morgan fingerprint density at radius 2 is 2.10 bits per heavy atom. The van der Waals surface area contributed by atoms with Crippen molar-refractivity contribution in [2.75, 3.05) is 0 Å². The second-order valence-corrected chi connectivity index (χ2v) is 4.08. The van der Waals surface area contributed by atoms with E-state index in [-0.39, 0.29) is 23.7 Å². The molecule has 0 bridgehead atoms. The van der Waals surface area contributed by atoms with Crippen molar-refractivity contribution in [3.63, 3.8) is 0 Å². The van der Waals surface area contributed by atoms with Crippen LogP contribution in [0.2, 0.25) is 0 Å². The van der Waals surface area contributed by atoms with Crippen LogP contribution in [0.5, 0.6) is 5.75 Å². The third-order valence-electron chi connectivity index (χ3n) is 2.44. The van der Waals surface area contributed by atoms with Crippen LogP contribution in [-0.4, -0.2) is 27.5 Å². The van der Waals surface area contributed by atoms with Gasteiger partial charge in [0.25, 0.3) is 5.91 Å². The van der Waals surface area contributed by atoms with E-state index in [9.17, 15) is 18.0 Å². The van der Waals surface area contributed by atoms with Crippen LogP contribution in [0.25, 0.3) is 0 Å². The summed E-state index contributed by atoms with van der Waals surface area (Å²) in [7, 11) is 0. The van der Waals surface area contributed by atoms with Crippen LogP contribution in [0.15, 0.2) is 24.3 Å². The van der Waals surface area contributed by atoms with Gasteiger partial charge in [-0.15, -0.1) is 18.3 Å². The number of rotatable bonds is 4. The molecule has 0 aliphatic heterocycles. The molecule has 1 amide bonds. The van der Waals surface area contributed by atoms with Gasteiger partial charge in [-0.05, 0) is 13.0 Å². The molecule has 0 saturated carbocycles. The van der Waals surface area contributed by atoms with Crippen LogP contribution in [0.4, 0.5) is 13.2 Å². The van der Waals surface area contributed by atoms with E-state index >= 15 is 0 Å². The highest BCUT2D eigenvalue weighted by atomic mass is 19.4. The minimum atomic E-state index is -4.79. The summed E-state index contributed by atoms with van der Waals surface area (Å²) in [5.74, 6) is -0.583. The number of aryl methyl sites for hydroxylation is 1.